The van der Waals surface area contributed by atoms with Crippen molar-refractivity contribution in [1.82, 2.24) is 4.98 Å². The van der Waals surface area contributed by atoms with Crippen LogP contribution in [0.5, 0.6) is 5.75 Å². The van der Waals surface area contributed by atoms with Gasteiger partial charge in [-0.05, 0) is 37.8 Å². The molecular weight excluding hydrogens is 370 g/mol. The third-order valence-electron chi connectivity index (χ3n) is 5.14. The molecule has 152 valence electrons. The maximum absolute atomic E-state index is 12.4. The molecule has 1 amide bonds. The minimum Gasteiger partial charge on any atom is -0.495 e. The lowest BCUT2D eigenvalue weighted by Crippen LogP contribution is -2.21. The van der Waals surface area contributed by atoms with Crippen molar-refractivity contribution in [1.29, 1.82) is 0 Å². The highest BCUT2D eigenvalue weighted by molar-refractivity contribution is 7.15. The smallest absolute Gasteiger partial charge is 0.245 e. The fourth-order valence-corrected chi connectivity index (χ4v) is 4.66. The minimum absolute atomic E-state index is 0.0873. The summed E-state index contributed by atoms with van der Waals surface area (Å²) in [5, 5.41) is 6.83. The molecule has 0 radical (unpaired) electrons. The predicted octanol–water partition coefficient (Wildman–Crippen LogP) is 5.42. The van der Waals surface area contributed by atoms with Gasteiger partial charge < -0.3 is 15.4 Å². The summed E-state index contributed by atoms with van der Waals surface area (Å²) in [4.78, 5) is 18.5. The monoisotopic (exact) mass is 401 g/mol. The Morgan fingerprint density at radius 1 is 1.04 bits per heavy atom. The zero-order valence-corrected chi connectivity index (χ0v) is 17.6. The third kappa shape index (κ3) is 6.23. The molecule has 28 heavy (non-hydrogen) atoms. The zero-order valence-electron chi connectivity index (χ0n) is 16.8. The molecule has 0 spiro atoms. The molecule has 0 bridgehead atoms. The molecule has 0 saturated carbocycles. The van der Waals surface area contributed by atoms with Crippen LogP contribution in [0.3, 0.4) is 0 Å². The number of carbonyl (C=O) groups is 1. The second kappa shape index (κ2) is 11.1. The van der Waals surface area contributed by atoms with Crippen LogP contribution in [0.15, 0.2) is 24.3 Å². The van der Waals surface area contributed by atoms with Gasteiger partial charge in [-0.1, -0.05) is 50.7 Å². The normalized spacial score (nSPS) is 15.6. The van der Waals surface area contributed by atoms with E-state index in [9.17, 15) is 4.79 Å². The Morgan fingerprint density at radius 3 is 2.46 bits per heavy atom. The van der Waals surface area contributed by atoms with Gasteiger partial charge in [-0.15, -0.1) is 11.3 Å². The van der Waals surface area contributed by atoms with E-state index in [1.165, 1.54) is 61.9 Å². The highest BCUT2D eigenvalue weighted by Gasteiger charge is 2.14. The molecule has 1 aromatic heterocycles. The van der Waals surface area contributed by atoms with E-state index in [2.05, 4.69) is 10.6 Å². The maximum Gasteiger partial charge on any atom is 0.245 e. The molecule has 1 aromatic carbocycles. The van der Waals surface area contributed by atoms with Gasteiger partial charge in [-0.25, -0.2) is 4.98 Å². The van der Waals surface area contributed by atoms with Crippen LogP contribution in [0.25, 0.3) is 0 Å². The van der Waals surface area contributed by atoms with Crippen LogP contribution in [0.4, 0.5) is 10.8 Å². The minimum atomic E-state index is -0.0873. The first-order valence-corrected chi connectivity index (χ1v) is 11.2. The van der Waals surface area contributed by atoms with E-state index in [0.717, 1.165) is 29.4 Å². The number of nitrogens with one attached hydrogen (secondary N) is 2. The third-order valence-corrected chi connectivity index (χ3v) is 6.21. The SMILES string of the molecule is COc1ccccc1NCC(=O)Nc1nc2c(s1)CCCCCCCCCC2. The van der Waals surface area contributed by atoms with Gasteiger partial charge >= 0.3 is 0 Å². The number of hydrogen-bond donors (Lipinski definition) is 2. The number of methoxy groups -OCH3 is 1. The van der Waals surface area contributed by atoms with Crippen molar-refractivity contribution in [2.24, 2.45) is 0 Å². The number of hydrogen-bond acceptors (Lipinski definition) is 5. The van der Waals surface area contributed by atoms with Crippen molar-refractivity contribution in [2.45, 2.75) is 64.2 Å². The molecule has 0 fully saturated rings. The molecule has 0 saturated heterocycles. The van der Waals surface area contributed by atoms with E-state index in [0.29, 0.717) is 0 Å². The Morgan fingerprint density at radius 2 is 1.71 bits per heavy atom. The van der Waals surface area contributed by atoms with Gasteiger partial charge in [0.05, 0.1) is 25.0 Å². The molecule has 1 heterocycles. The first kappa shape index (κ1) is 20.6. The number of ether oxygens (including phenoxy) is 1. The van der Waals surface area contributed by atoms with Gasteiger partial charge in [-0.3, -0.25) is 4.79 Å². The topological polar surface area (TPSA) is 63.2 Å². The Labute approximate surface area is 171 Å². The van der Waals surface area contributed by atoms with Crippen molar-refractivity contribution in [3.63, 3.8) is 0 Å². The van der Waals surface area contributed by atoms with Gasteiger partial charge in [0, 0.05) is 4.88 Å². The van der Waals surface area contributed by atoms with Crippen LogP contribution < -0.4 is 15.4 Å². The molecule has 6 heteroatoms. The fraction of sp³-hybridized carbons (Fsp3) is 0.545. The summed E-state index contributed by atoms with van der Waals surface area (Å²) in [5.41, 5.74) is 2.00. The van der Waals surface area contributed by atoms with Crippen molar-refractivity contribution in [3.05, 3.63) is 34.8 Å². The first-order chi connectivity index (χ1) is 13.8. The average Bonchev–Trinajstić information content (AvgIpc) is 3.07. The van der Waals surface area contributed by atoms with Gasteiger partial charge in [-0.2, -0.15) is 0 Å². The summed E-state index contributed by atoms with van der Waals surface area (Å²) < 4.78 is 5.31. The number of aryl methyl sites for hydroxylation is 2. The van der Waals surface area contributed by atoms with E-state index < -0.39 is 0 Å². The van der Waals surface area contributed by atoms with Crippen LogP contribution in [-0.4, -0.2) is 24.5 Å². The Kier molecular flexibility index (Phi) is 8.15. The van der Waals surface area contributed by atoms with Gasteiger partial charge in [0.15, 0.2) is 5.13 Å². The Hall–Kier alpha value is -2.08. The van der Waals surface area contributed by atoms with Crippen LogP contribution in [0, 0.1) is 0 Å². The lowest BCUT2D eigenvalue weighted by molar-refractivity contribution is -0.114. The van der Waals surface area contributed by atoms with Crippen LogP contribution in [-0.2, 0) is 17.6 Å². The number of rotatable bonds is 5. The van der Waals surface area contributed by atoms with E-state index in [4.69, 9.17) is 9.72 Å². The quantitative estimate of drug-likeness (QED) is 0.702. The molecule has 1 aliphatic carbocycles. The maximum atomic E-state index is 12.4. The number of fused-ring (bicyclic) bond motifs is 1. The Balaban J connectivity index is 1.57. The highest BCUT2D eigenvalue weighted by Crippen LogP contribution is 2.28. The summed E-state index contributed by atoms with van der Waals surface area (Å²) in [6, 6.07) is 7.60. The largest absolute Gasteiger partial charge is 0.495 e. The van der Waals surface area contributed by atoms with Crippen LogP contribution in [0.2, 0.25) is 0 Å². The van der Waals surface area contributed by atoms with Gasteiger partial charge in [0.1, 0.15) is 5.75 Å². The number of nitrogens with zero attached hydrogens (tertiary/aromatic N) is 1. The molecule has 0 unspecified atom stereocenters. The van der Waals surface area contributed by atoms with Crippen molar-refractivity contribution in [2.75, 3.05) is 24.3 Å². The van der Waals surface area contributed by atoms with Gasteiger partial charge in [0.2, 0.25) is 5.91 Å². The molecular formula is C22H31N3O2S. The number of aromatic nitrogens is 1. The summed E-state index contributed by atoms with van der Waals surface area (Å²) >= 11 is 1.65. The lowest BCUT2D eigenvalue weighted by atomic mass is 10.0. The van der Waals surface area contributed by atoms with E-state index in [-0.39, 0.29) is 12.5 Å². The number of thiazole rings is 1. The standard InChI is InChI=1S/C22H31N3O2S/c1-27-19-14-11-10-12-17(19)23-16-21(26)25-22-24-18-13-8-6-4-2-3-5-7-9-15-20(18)28-22/h10-12,14,23H,2-9,13,15-16H2,1H3,(H,24,25,26). The number of benzene rings is 1. The summed E-state index contributed by atoms with van der Waals surface area (Å²) in [6.45, 7) is 0.185. The lowest BCUT2D eigenvalue weighted by Gasteiger charge is -2.10. The van der Waals surface area contributed by atoms with E-state index in [1.807, 2.05) is 24.3 Å². The average molecular weight is 402 g/mol. The van der Waals surface area contributed by atoms with E-state index >= 15 is 0 Å². The van der Waals surface area contributed by atoms with Crippen molar-refractivity contribution >= 4 is 28.1 Å². The summed E-state index contributed by atoms with van der Waals surface area (Å²) in [6.07, 6.45) is 12.5. The first-order valence-electron chi connectivity index (χ1n) is 10.4. The molecule has 2 N–H and O–H groups in total. The second-order valence-corrected chi connectivity index (χ2v) is 8.40. The highest BCUT2D eigenvalue weighted by atomic mass is 32.1. The summed E-state index contributed by atoms with van der Waals surface area (Å²) in [5.74, 6) is 0.641. The van der Waals surface area contributed by atoms with Crippen LogP contribution in [0.1, 0.15) is 61.9 Å². The molecule has 0 aliphatic heterocycles. The molecule has 5 nitrogen and oxygen atoms in total. The molecule has 2 aromatic rings. The number of para-hydroxylation sites is 2. The Bertz CT molecular complexity index is 730. The number of amides is 1. The second-order valence-electron chi connectivity index (χ2n) is 7.32. The summed E-state index contributed by atoms with van der Waals surface area (Å²) in [7, 11) is 1.63. The predicted molar refractivity (Wildman–Crippen MR) is 117 cm³/mol. The fourth-order valence-electron chi connectivity index (χ4n) is 3.60. The molecule has 1 aliphatic rings. The van der Waals surface area contributed by atoms with Crippen LogP contribution >= 0.6 is 11.3 Å². The van der Waals surface area contributed by atoms with Gasteiger partial charge in [0.25, 0.3) is 0 Å². The van der Waals surface area contributed by atoms with Crippen molar-refractivity contribution in [3.8, 4) is 5.75 Å². The zero-order chi connectivity index (χ0) is 19.6. The van der Waals surface area contributed by atoms with E-state index in [1.54, 1.807) is 18.4 Å². The molecule has 0 atom stereocenters. The number of carbonyl (C=O) groups excluding carboxylic acids is 1. The van der Waals surface area contributed by atoms with Crippen molar-refractivity contribution < 1.29 is 9.53 Å². The molecule has 3 rings (SSSR count). The number of anilines is 2.